The minimum Gasteiger partial charge on any atom is -0.388 e. The van der Waals surface area contributed by atoms with Gasteiger partial charge in [-0.2, -0.15) is 5.10 Å². The number of benzene rings is 1. The van der Waals surface area contributed by atoms with E-state index in [4.69, 9.17) is 0 Å². The fourth-order valence-corrected chi connectivity index (χ4v) is 2.82. The molecule has 4 nitrogen and oxygen atoms in total. The van der Waals surface area contributed by atoms with Gasteiger partial charge in [0, 0.05) is 11.9 Å². The van der Waals surface area contributed by atoms with E-state index in [0.717, 1.165) is 29.4 Å². The van der Waals surface area contributed by atoms with Crippen LogP contribution in [0, 0.1) is 0 Å². The maximum Gasteiger partial charge on any atom is 0.0802 e. The van der Waals surface area contributed by atoms with Crippen molar-refractivity contribution in [2.45, 2.75) is 31.8 Å². The molecule has 1 unspecified atom stereocenters. The Morgan fingerprint density at radius 1 is 1.26 bits per heavy atom. The summed E-state index contributed by atoms with van der Waals surface area (Å²) in [6.45, 7) is 3.37. The molecule has 0 radical (unpaired) electrons. The molecule has 0 aliphatic carbocycles. The minimum absolute atomic E-state index is 0.374. The standard InChI is InChI=1S/C15H21N3O/c19-15(6-9-18-7-2-1-3-8-18)12-4-5-14-13(10-12)11-16-17-14/h4-5,10-11,15,19H,1-3,6-9H2,(H,16,17). The molecule has 0 spiro atoms. The van der Waals surface area contributed by atoms with E-state index in [1.807, 2.05) is 18.2 Å². The van der Waals surface area contributed by atoms with Crippen LogP contribution < -0.4 is 0 Å². The van der Waals surface area contributed by atoms with Gasteiger partial charge in [0.2, 0.25) is 0 Å². The highest BCUT2D eigenvalue weighted by Gasteiger charge is 2.13. The minimum atomic E-state index is -0.374. The van der Waals surface area contributed by atoms with Crippen LogP contribution in [0.4, 0.5) is 0 Å². The zero-order chi connectivity index (χ0) is 13.1. The summed E-state index contributed by atoms with van der Waals surface area (Å²) in [5, 5.41) is 18.3. The molecule has 1 aromatic heterocycles. The molecule has 3 rings (SSSR count). The van der Waals surface area contributed by atoms with Crippen molar-refractivity contribution in [1.29, 1.82) is 0 Å². The van der Waals surface area contributed by atoms with Gasteiger partial charge in [0.15, 0.2) is 0 Å². The van der Waals surface area contributed by atoms with Crippen molar-refractivity contribution in [3.8, 4) is 0 Å². The molecule has 2 heterocycles. The van der Waals surface area contributed by atoms with Gasteiger partial charge in [-0.05, 0) is 50.0 Å². The monoisotopic (exact) mass is 259 g/mol. The van der Waals surface area contributed by atoms with Gasteiger partial charge < -0.3 is 10.0 Å². The number of hydrogen-bond donors (Lipinski definition) is 2. The molecular weight excluding hydrogens is 238 g/mol. The lowest BCUT2D eigenvalue weighted by Gasteiger charge is -2.27. The van der Waals surface area contributed by atoms with Crippen molar-refractivity contribution < 1.29 is 5.11 Å². The Morgan fingerprint density at radius 3 is 2.95 bits per heavy atom. The predicted molar refractivity (Wildman–Crippen MR) is 76.0 cm³/mol. The first-order valence-electron chi connectivity index (χ1n) is 7.16. The van der Waals surface area contributed by atoms with E-state index < -0.39 is 0 Å². The summed E-state index contributed by atoms with van der Waals surface area (Å²) in [5.74, 6) is 0. The Labute approximate surface area is 113 Å². The molecule has 1 aliphatic heterocycles. The SMILES string of the molecule is OC(CCN1CCCCC1)c1ccc2[nH]ncc2c1. The largest absolute Gasteiger partial charge is 0.388 e. The average Bonchev–Trinajstić information content (AvgIpc) is 2.93. The van der Waals surface area contributed by atoms with Crippen LogP contribution in [-0.4, -0.2) is 39.8 Å². The van der Waals surface area contributed by atoms with Crippen molar-refractivity contribution >= 4 is 10.9 Å². The first-order chi connectivity index (χ1) is 9.33. The Balaban J connectivity index is 1.60. The third-order valence-corrected chi connectivity index (χ3v) is 4.02. The van der Waals surface area contributed by atoms with E-state index in [1.54, 1.807) is 6.20 Å². The van der Waals surface area contributed by atoms with E-state index in [2.05, 4.69) is 15.1 Å². The van der Waals surface area contributed by atoms with Crippen molar-refractivity contribution in [3.63, 3.8) is 0 Å². The molecule has 1 saturated heterocycles. The summed E-state index contributed by atoms with van der Waals surface area (Å²) in [6.07, 6.45) is 6.20. The Bertz CT molecular complexity index is 531. The van der Waals surface area contributed by atoms with E-state index in [9.17, 15) is 5.11 Å². The molecule has 1 aromatic carbocycles. The summed E-state index contributed by atoms with van der Waals surface area (Å²) in [6, 6.07) is 6.00. The summed E-state index contributed by atoms with van der Waals surface area (Å²) in [7, 11) is 0. The van der Waals surface area contributed by atoms with E-state index in [1.165, 1.54) is 32.4 Å². The number of fused-ring (bicyclic) bond motifs is 1. The second-order valence-electron chi connectivity index (χ2n) is 5.42. The van der Waals surface area contributed by atoms with Gasteiger partial charge in [0.1, 0.15) is 0 Å². The number of aliphatic hydroxyl groups excluding tert-OH is 1. The normalized spacial score (nSPS) is 18.8. The van der Waals surface area contributed by atoms with Crippen molar-refractivity contribution in [2.24, 2.45) is 0 Å². The highest BCUT2D eigenvalue weighted by molar-refractivity contribution is 5.78. The molecule has 2 aromatic rings. The fourth-order valence-electron chi connectivity index (χ4n) is 2.82. The van der Waals surface area contributed by atoms with Crippen LogP contribution in [-0.2, 0) is 0 Å². The lowest BCUT2D eigenvalue weighted by molar-refractivity contribution is 0.134. The van der Waals surface area contributed by atoms with Gasteiger partial charge in [-0.3, -0.25) is 5.10 Å². The van der Waals surface area contributed by atoms with Crippen molar-refractivity contribution in [3.05, 3.63) is 30.0 Å². The Kier molecular flexibility index (Phi) is 3.80. The number of nitrogens with zero attached hydrogens (tertiary/aromatic N) is 2. The van der Waals surface area contributed by atoms with Crippen LogP contribution in [0.3, 0.4) is 0 Å². The highest BCUT2D eigenvalue weighted by atomic mass is 16.3. The number of hydrogen-bond acceptors (Lipinski definition) is 3. The van der Waals surface area contributed by atoms with Gasteiger partial charge >= 0.3 is 0 Å². The zero-order valence-corrected chi connectivity index (χ0v) is 11.2. The number of piperidine rings is 1. The second-order valence-corrected chi connectivity index (χ2v) is 5.42. The molecule has 0 saturated carbocycles. The third kappa shape index (κ3) is 2.96. The molecule has 0 bridgehead atoms. The molecule has 102 valence electrons. The molecular formula is C15H21N3O. The molecule has 1 atom stereocenters. The summed E-state index contributed by atoms with van der Waals surface area (Å²) in [4.78, 5) is 2.46. The van der Waals surface area contributed by atoms with Gasteiger partial charge in [0.05, 0.1) is 17.8 Å². The van der Waals surface area contributed by atoms with Crippen molar-refractivity contribution in [2.75, 3.05) is 19.6 Å². The molecule has 19 heavy (non-hydrogen) atoms. The van der Waals surface area contributed by atoms with Gasteiger partial charge in [-0.15, -0.1) is 0 Å². The second kappa shape index (κ2) is 5.72. The first kappa shape index (κ1) is 12.6. The Morgan fingerprint density at radius 2 is 2.11 bits per heavy atom. The maximum atomic E-state index is 10.3. The van der Waals surface area contributed by atoms with Crippen LogP contribution in [0.15, 0.2) is 24.4 Å². The van der Waals surface area contributed by atoms with Crippen molar-refractivity contribution in [1.82, 2.24) is 15.1 Å². The van der Waals surface area contributed by atoms with Crippen LogP contribution in [0.2, 0.25) is 0 Å². The van der Waals surface area contributed by atoms with E-state index >= 15 is 0 Å². The number of nitrogens with one attached hydrogen (secondary N) is 1. The van der Waals surface area contributed by atoms with Crippen LogP contribution >= 0.6 is 0 Å². The number of aromatic amines is 1. The van der Waals surface area contributed by atoms with Crippen LogP contribution in [0.25, 0.3) is 10.9 Å². The number of H-pyrrole nitrogens is 1. The number of aromatic nitrogens is 2. The fraction of sp³-hybridized carbons (Fsp3) is 0.533. The van der Waals surface area contributed by atoms with Crippen LogP contribution in [0.5, 0.6) is 0 Å². The summed E-state index contributed by atoms with van der Waals surface area (Å²) >= 11 is 0. The molecule has 1 fully saturated rings. The average molecular weight is 259 g/mol. The van der Waals surface area contributed by atoms with E-state index in [-0.39, 0.29) is 6.10 Å². The maximum absolute atomic E-state index is 10.3. The summed E-state index contributed by atoms with van der Waals surface area (Å²) < 4.78 is 0. The van der Waals surface area contributed by atoms with Crippen LogP contribution in [0.1, 0.15) is 37.4 Å². The number of likely N-dealkylation sites (tertiary alicyclic amines) is 1. The molecule has 4 heteroatoms. The zero-order valence-electron chi connectivity index (χ0n) is 11.2. The predicted octanol–water partition coefficient (Wildman–Crippen LogP) is 2.47. The lowest BCUT2D eigenvalue weighted by atomic mass is 10.0. The molecule has 0 amide bonds. The number of aliphatic hydroxyl groups is 1. The van der Waals surface area contributed by atoms with E-state index in [0.29, 0.717) is 0 Å². The van der Waals surface area contributed by atoms with Gasteiger partial charge in [-0.25, -0.2) is 0 Å². The quantitative estimate of drug-likeness (QED) is 0.887. The third-order valence-electron chi connectivity index (χ3n) is 4.02. The first-order valence-corrected chi connectivity index (χ1v) is 7.16. The Hall–Kier alpha value is -1.39. The molecule has 2 N–H and O–H groups in total. The topological polar surface area (TPSA) is 52.1 Å². The lowest BCUT2D eigenvalue weighted by Crippen LogP contribution is -2.31. The van der Waals surface area contributed by atoms with Gasteiger partial charge in [-0.1, -0.05) is 12.5 Å². The number of rotatable bonds is 4. The summed E-state index contributed by atoms with van der Waals surface area (Å²) in [5.41, 5.74) is 2.01. The van der Waals surface area contributed by atoms with Gasteiger partial charge in [0.25, 0.3) is 0 Å². The highest BCUT2D eigenvalue weighted by Crippen LogP contribution is 2.22. The smallest absolute Gasteiger partial charge is 0.0802 e. The molecule has 1 aliphatic rings.